The Kier molecular flexibility index (Phi) is 3.92. The second kappa shape index (κ2) is 6.24. The van der Waals surface area contributed by atoms with Crippen LogP contribution in [0.15, 0.2) is 54.6 Å². The number of nitrogens with zero attached hydrogens (tertiary/aromatic N) is 2. The van der Waals surface area contributed by atoms with Crippen LogP contribution in [0, 0.1) is 0 Å². The Morgan fingerprint density at radius 1 is 1.04 bits per heavy atom. The van der Waals surface area contributed by atoms with Crippen LogP contribution in [0.3, 0.4) is 0 Å². The van der Waals surface area contributed by atoms with Gasteiger partial charge in [-0.25, -0.2) is 4.79 Å². The molecule has 1 N–H and O–H groups in total. The first kappa shape index (κ1) is 15.7. The third kappa shape index (κ3) is 2.86. The normalized spacial score (nSPS) is 22.2. The fourth-order valence-electron chi connectivity index (χ4n) is 3.78. The van der Waals surface area contributed by atoms with Gasteiger partial charge in [-0.2, -0.15) is 0 Å². The van der Waals surface area contributed by atoms with Gasteiger partial charge in [0, 0.05) is 30.4 Å². The summed E-state index contributed by atoms with van der Waals surface area (Å²) in [6.45, 7) is 2.56. The topological polar surface area (TPSA) is 52.7 Å². The summed E-state index contributed by atoms with van der Waals surface area (Å²) >= 11 is 0. The number of benzene rings is 2. The molecule has 0 radical (unpaired) electrons. The maximum Gasteiger partial charge on any atom is 0.322 e. The minimum atomic E-state index is -0.167. The molecule has 4 rings (SSSR count). The lowest BCUT2D eigenvalue weighted by atomic mass is 10.1. The molecule has 2 aromatic rings. The molecule has 2 heterocycles. The van der Waals surface area contributed by atoms with E-state index in [-0.39, 0.29) is 24.0 Å². The highest BCUT2D eigenvalue weighted by atomic mass is 16.2. The number of anilines is 2. The number of rotatable bonds is 2. The average molecular weight is 335 g/mol. The van der Waals surface area contributed by atoms with Gasteiger partial charge in [-0.15, -0.1) is 0 Å². The molecule has 5 nitrogen and oxygen atoms in total. The Bertz CT molecular complexity index is 806. The summed E-state index contributed by atoms with van der Waals surface area (Å²) < 4.78 is 0. The predicted molar refractivity (Wildman–Crippen MR) is 97.8 cm³/mol. The zero-order chi connectivity index (χ0) is 17.4. The molecule has 2 aliphatic heterocycles. The average Bonchev–Trinajstić information content (AvgIpc) is 3.14. The second-order valence-electron chi connectivity index (χ2n) is 6.74. The van der Waals surface area contributed by atoms with Crippen LogP contribution < -0.4 is 15.1 Å². The van der Waals surface area contributed by atoms with Crippen LogP contribution in [0.1, 0.15) is 18.9 Å². The van der Waals surface area contributed by atoms with E-state index in [0.717, 1.165) is 17.8 Å². The van der Waals surface area contributed by atoms with E-state index in [1.165, 1.54) is 5.56 Å². The Morgan fingerprint density at radius 3 is 2.56 bits per heavy atom. The van der Waals surface area contributed by atoms with Crippen molar-refractivity contribution in [2.45, 2.75) is 31.8 Å². The molecule has 0 aromatic heterocycles. The molecule has 1 saturated heterocycles. The lowest BCUT2D eigenvalue weighted by Crippen LogP contribution is -2.48. The molecule has 0 aliphatic carbocycles. The summed E-state index contributed by atoms with van der Waals surface area (Å²) in [5.74, 6) is 0.0476. The van der Waals surface area contributed by atoms with Crippen LogP contribution in [0.2, 0.25) is 0 Å². The third-order valence-electron chi connectivity index (χ3n) is 4.95. The van der Waals surface area contributed by atoms with E-state index >= 15 is 0 Å². The minimum Gasteiger partial charge on any atom is -0.333 e. The number of hydrogen-bond acceptors (Lipinski definition) is 2. The number of urea groups is 1. The number of nitrogens with one attached hydrogen (secondary N) is 1. The number of para-hydroxylation sites is 2. The molecule has 0 saturated carbocycles. The quantitative estimate of drug-likeness (QED) is 0.917. The molecule has 1 fully saturated rings. The lowest BCUT2D eigenvalue weighted by molar-refractivity contribution is -0.117. The van der Waals surface area contributed by atoms with E-state index in [1.807, 2.05) is 53.4 Å². The SMILES string of the molecule is C[C@@H]1Cc2ccccc2N1C(=O)N[C@@H]1CC(=O)N(c2ccccc2)C1. The molecule has 2 atom stereocenters. The van der Waals surface area contributed by atoms with E-state index in [1.54, 1.807) is 4.90 Å². The number of carbonyl (C=O) groups is 2. The maximum absolute atomic E-state index is 12.8. The Labute approximate surface area is 147 Å². The Hall–Kier alpha value is -2.82. The number of fused-ring (bicyclic) bond motifs is 1. The third-order valence-corrected chi connectivity index (χ3v) is 4.95. The predicted octanol–water partition coefficient (Wildman–Crippen LogP) is 2.95. The number of amides is 3. The van der Waals surface area contributed by atoms with Gasteiger partial charge in [0.2, 0.25) is 5.91 Å². The van der Waals surface area contributed by atoms with Crippen LogP contribution >= 0.6 is 0 Å². The summed E-state index contributed by atoms with van der Waals surface area (Å²) in [4.78, 5) is 28.7. The molecule has 0 unspecified atom stereocenters. The molecule has 5 heteroatoms. The van der Waals surface area contributed by atoms with Gasteiger partial charge in [0.05, 0.1) is 6.04 Å². The molecule has 0 spiro atoms. The first-order chi connectivity index (χ1) is 12.1. The van der Waals surface area contributed by atoms with Gasteiger partial charge >= 0.3 is 6.03 Å². The van der Waals surface area contributed by atoms with Crippen molar-refractivity contribution < 1.29 is 9.59 Å². The monoisotopic (exact) mass is 335 g/mol. The summed E-state index contributed by atoms with van der Waals surface area (Å²) in [6, 6.07) is 17.4. The van der Waals surface area contributed by atoms with Gasteiger partial charge in [0.15, 0.2) is 0 Å². The lowest BCUT2D eigenvalue weighted by Gasteiger charge is -2.25. The standard InChI is InChI=1S/C20H21N3O2/c1-14-11-15-7-5-6-10-18(15)23(14)20(25)21-16-12-19(24)22(13-16)17-8-3-2-4-9-17/h2-10,14,16H,11-13H2,1H3,(H,21,25)/t14-,16-/m1/s1. The van der Waals surface area contributed by atoms with E-state index in [2.05, 4.69) is 18.3 Å². The van der Waals surface area contributed by atoms with E-state index in [4.69, 9.17) is 0 Å². The van der Waals surface area contributed by atoms with Crippen molar-refractivity contribution in [3.63, 3.8) is 0 Å². The van der Waals surface area contributed by atoms with Crippen LogP contribution in [0.25, 0.3) is 0 Å². The molecule has 3 amide bonds. The van der Waals surface area contributed by atoms with Crippen LogP contribution in [-0.4, -0.2) is 30.6 Å². The van der Waals surface area contributed by atoms with Gasteiger partial charge in [-0.05, 0) is 37.1 Å². The molecular weight excluding hydrogens is 314 g/mol. The van der Waals surface area contributed by atoms with Crippen molar-refractivity contribution in [3.8, 4) is 0 Å². The van der Waals surface area contributed by atoms with E-state index in [9.17, 15) is 9.59 Å². The van der Waals surface area contributed by atoms with Crippen LogP contribution in [-0.2, 0) is 11.2 Å². The Morgan fingerprint density at radius 2 is 1.76 bits per heavy atom. The first-order valence-electron chi connectivity index (χ1n) is 8.66. The Balaban J connectivity index is 1.46. The number of carbonyl (C=O) groups excluding carboxylic acids is 2. The highest BCUT2D eigenvalue weighted by Crippen LogP contribution is 2.32. The fourth-order valence-corrected chi connectivity index (χ4v) is 3.78. The smallest absolute Gasteiger partial charge is 0.322 e. The van der Waals surface area contributed by atoms with Gasteiger partial charge < -0.3 is 10.2 Å². The fraction of sp³-hybridized carbons (Fsp3) is 0.300. The summed E-state index contributed by atoms with van der Waals surface area (Å²) in [5.41, 5.74) is 3.04. The van der Waals surface area contributed by atoms with E-state index in [0.29, 0.717) is 13.0 Å². The highest BCUT2D eigenvalue weighted by molar-refractivity contribution is 5.99. The van der Waals surface area contributed by atoms with Crippen molar-refractivity contribution in [2.24, 2.45) is 0 Å². The molecule has 2 aliphatic rings. The van der Waals surface area contributed by atoms with Crippen molar-refractivity contribution in [2.75, 3.05) is 16.3 Å². The van der Waals surface area contributed by atoms with Gasteiger partial charge in [0.25, 0.3) is 0 Å². The molecular formula is C20H21N3O2. The summed E-state index contributed by atoms with van der Waals surface area (Å²) in [7, 11) is 0. The molecule has 128 valence electrons. The maximum atomic E-state index is 12.8. The first-order valence-corrected chi connectivity index (χ1v) is 8.66. The van der Waals surface area contributed by atoms with Crippen molar-refractivity contribution in [1.82, 2.24) is 5.32 Å². The van der Waals surface area contributed by atoms with Gasteiger partial charge in [-0.1, -0.05) is 36.4 Å². The van der Waals surface area contributed by atoms with Crippen molar-refractivity contribution in [3.05, 3.63) is 60.2 Å². The van der Waals surface area contributed by atoms with Gasteiger partial charge in [0.1, 0.15) is 0 Å². The molecule has 25 heavy (non-hydrogen) atoms. The van der Waals surface area contributed by atoms with Crippen LogP contribution in [0.5, 0.6) is 0 Å². The zero-order valence-electron chi connectivity index (χ0n) is 14.2. The number of hydrogen-bond donors (Lipinski definition) is 1. The van der Waals surface area contributed by atoms with Gasteiger partial charge in [-0.3, -0.25) is 9.69 Å². The van der Waals surface area contributed by atoms with Crippen molar-refractivity contribution in [1.29, 1.82) is 0 Å². The van der Waals surface area contributed by atoms with Crippen LogP contribution in [0.4, 0.5) is 16.2 Å². The van der Waals surface area contributed by atoms with Crippen molar-refractivity contribution >= 4 is 23.3 Å². The highest BCUT2D eigenvalue weighted by Gasteiger charge is 2.35. The molecule has 0 bridgehead atoms. The van der Waals surface area contributed by atoms with E-state index < -0.39 is 0 Å². The zero-order valence-corrected chi connectivity index (χ0v) is 14.2. The largest absolute Gasteiger partial charge is 0.333 e. The second-order valence-corrected chi connectivity index (χ2v) is 6.74. The minimum absolute atomic E-state index is 0.0476. The summed E-state index contributed by atoms with van der Waals surface area (Å²) in [5, 5.41) is 3.05. The summed E-state index contributed by atoms with van der Waals surface area (Å²) in [6.07, 6.45) is 1.20. The molecule has 2 aromatic carbocycles.